The Labute approximate surface area is 123 Å². The summed E-state index contributed by atoms with van der Waals surface area (Å²) in [6, 6.07) is 14.3. The van der Waals surface area contributed by atoms with Crippen LogP contribution in [0, 0.1) is 11.8 Å². The molecule has 0 atom stereocenters. The minimum absolute atomic E-state index is 0.168. The first-order valence-corrected chi connectivity index (χ1v) is 6.35. The lowest BCUT2D eigenvalue weighted by Crippen LogP contribution is -2.13. The Morgan fingerprint density at radius 2 is 2.00 bits per heavy atom. The van der Waals surface area contributed by atoms with E-state index in [-0.39, 0.29) is 6.61 Å². The molecule has 0 aliphatic heterocycles. The van der Waals surface area contributed by atoms with Crippen LogP contribution in [0.5, 0.6) is 11.5 Å². The molecule has 0 bridgehead atoms. The number of nitrogens with two attached hydrogens (primary N) is 1. The molecule has 0 unspecified atom stereocenters. The van der Waals surface area contributed by atoms with Crippen LogP contribution in [0.2, 0.25) is 0 Å². The quantitative estimate of drug-likeness (QED) is 0.874. The average Bonchev–Trinajstić information content (AvgIpc) is 2.52. The van der Waals surface area contributed by atoms with Crippen LogP contribution >= 0.6 is 0 Å². The van der Waals surface area contributed by atoms with Gasteiger partial charge in [0.25, 0.3) is 5.91 Å². The highest BCUT2D eigenvalue weighted by Gasteiger charge is 2.06. The molecular formula is C17H15NO3. The van der Waals surface area contributed by atoms with Crippen molar-refractivity contribution in [2.45, 2.75) is 0 Å². The van der Waals surface area contributed by atoms with Gasteiger partial charge in [-0.05, 0) is 30.3 Å². The number of hydrogen-bond acceptors (Lipinski definition) is 3. The third-order valence-electron chi connectivity index (χ3n) is 2.75. The number of primary amides is 1. The number of carbonyl (C=O) groups excluding carboxylic acids is 1. The van der Waals surface area contributed by atoms with Gasteiger partial charge in [-0.25, -0.2) is 0 Å². The fourth-order valence-corrected chi connectivity index (χ4v) is 1.75. The van der Waals surface area contributed by atoms with Gasteiger partial charge >= 0.3 is 0 Å². The van der Waals surface area contributed by atoms with Crippen molar-refractivity contribution in [3.8, 4) is 23.3 Å². The fraction of sp³-hybridized carbons (Fsp3) is 0.118. The lowest BCUT2D eigenvalue weighted by Gasteiger charge is -2.05. The summed E-state index contributed by atoms with van der Waals surface area (Å²) in [5, 5.41) is 0. The van der Waals surface area contributed by atoms with Gasteiger partial charge in [0, 0.05) is 5.56 Å². The van der Waals surface area contributed by atoms with Crippen LogP contribution in [0.1, 0.15) is 15.9 Å². The van der Waals surface area contributed by atoms with E-state index in [1.165, 1.54) is 0 Å². The molecule has 0 fully saturated rings. The number of hydrogen-bond donors (Lipinski definition) is 1. The van der Waals surface area contributed by atoms with Crippen LogP contribution in [0.15, 0.2) is 48.5 Å². The van der Waals surface area contributed by atoms with Crippen molar-refractivity contribution in [2.75, 3.05) is 13.7 Å². The maximum absolute atomic E-state index is 11.2. The molecule has 2 aromatic rings. The molecule has 106 valence electrons. The number of amides is 1. The third kappa shape index (κ3) is 4.02. The first-order chi connectivity index (χ1) is 10.2. The summed E-state index contributed by atoms with van der Waals surface area (Å²) in [5.74, 6) is 6.52. The highest BCUT2D eigenvalue weighted by atomic mass is 16.5. The smallest absolute Gasteiger partial charge is 0.252 e. The number of para-hydroxylation sites is 1. The highest BCUT2D eigenvalue weighted by molar-refractivity contribution is 5.95. The number of rotatable bonds is 4. The van der Waals surface area contributed by atoms with Crippen molar-refractivity contribution in [2.24, 2.45) is 5.73 Å². The van der Waals surface area contributed by atoms with Gasteiger partial charge in [0.1, 0.15) is 18.1 Å². The van der Waals surface area contributed by atoms with Gasteiger partial charge in [0.2, 0.25) is 0 Å². The largest absolute Gasteiger partial charge is 0.497 e. The van der Waals surface area contributed by atoms with Gasteiger partial charge in [-0.2, -0.15) is 0 Å². The third-order valence-corrected chi connectivity index (χ3v) is 2.75. The molecule has 0 aromatic heterocycles. The van der Waals surface area contributed by atoms with E-state index in [0.29, 0.717) is 11.3 Å². The Balaban J connectivity index is 2.02. The minimum atomic E-state index is -0.522. The van der Waals surface area contributed by atoms with E-state index in [9.17, 15) is 4.79 Å². The van der Waals surface area contributed by atoms with Crippen LogP contribution < -0.4 is 15.2 Å². The van der Waals surface area contributed by atoms with Crippen molar-refractivity contribution in [1.82, 2.24) is 0 Å². The maximum Gasteiger partial charge on any atom is 0.252 e. The maximum atomic E-state index is 11.2. The second kappa shape index (κ2) is 7.01. The van der Waals surface area contributed by atoms with Crippen LogP contribution in [-0.2, 0) is 0 Å². The summed E-state index contributed by atoms with van der Waals surface area (Å²) < 4.78 is 10.6. The molecule has 1 amide bonds. The summed E-state index contributed by atoms with van der Waals surface area (Å²) in [7, 11) is 1.61. The first-order valence-electron chi connectivity index (χ1n) is 6.35. The molecule has 0 aliphatic rings. The Morgan fingerprint density at radius 3 is 2.76 bits per heavy atom. The van der Waals surface area contributed by atoms with Crippen molar-refractivity contribution in [1.29, 1.82) is 0 Å². The standard InChI is InChI=1S/C17H15NO3/c1-20-14-8-4-6-13(12-14)7-5-11-21-16-10-3-2-9-15(16)17(18)19/h2-4,6,8-10,12H,11H2,1H3,(H2,18,19). The van der Waals surface area contributed by atoms with Crippen LogP contribution in [0.3, 0.4) is 0 Å². The number of carbonyl (C=O) groups is 1. The molecule has 2 rings (SSSR count). The van der Waals surface area contributed by atoms with E-state index in [4.69, 9.17) is 15.2 Å². The van der Waals surface area contributed by atoms with Crippen LogP contribution in [0.4, 0.5) is 0 Å². The molecular weight excluding hydrogens is 266 g/mol. The van der Waals surface area contributed by atoms with Crippen LogP contribution in [-0.4, -0.2) is 19.6 Å². The zero-order valence-corrected chi connectivity index (χ0v) is 11.6. The van der Waals surface area contributed by atoms with Gasteiger partial charge < -0.3 is 15.2 Å². The van der Waals surface area contributed by atoms with E-state index in [1.807, 2.05) is 24.3 Å². The molecule has 4 heteroatoms. The average molecular weight is 281 g/mol. The van der Waals surface area contributed by atoms with Gasteiger partial charge in [0.05, 0.1) is 12.7 Å². The predicted octanol–water partition coefficient (Wildman–Crippen LogP) is 2.22. The summed E-state index contributed by atoms with van der Waals surface area (Å²) in [6.07, 6.45) is 0. The molecule has 0 radical (unpaired) electrons. The number of methoxy groups -OCH3 is 1. The molecule has 0 saturated heterocycles. The summed E-state index contributed by atoms with van der Waals surface area (Å²) >= 11 is 0. The van der Waals surface area contributed by atoms with E-state index in [0.717, 1.165) is 11.3 Å². The SMILES string of the molecule is COc1cccc(C#CCOc2ccccc2C(N)=O)c1. The van der Waals surface area contributed by atoms with Crippen LogP contribution in [0.25, 0.3) is 0 Å². The Kier molecular flexibility index (Phi) is 4.84. The van der Waals surface area contributed by atoms with Crippen molar-refractivity contribution in [3.63, 3.8) is 0 Å². The Bertz CT molecular complexity index is 698. The number of benzene rings is 2. The fourth-order valence-electron chi connectivity index (χ4n) is 1.75. The zero-order chi connectivity index (χ0) is 15.1. The summed E-state index contributed by atoms with van der Waals surface area (Å²) in [6.45, 7) is 0.168. The van der Waals surface area contributed by atoms with Gasteiger partial charge in [-0.3, -0.25) is 4.79 Å². The molecule has 21 heavy (non-hydrogen) atoms. The molecule has 2 aromatic carbocycles. The molecule has 2 N–H and O–H groups in total. The van der Waals surface area contributed by atoms with E-state index in [1.54, 1.807) is 31.4 Å². The van der Waals surface area contributed by atoms with Gasteiger partial charge in [-0.15, -0.1) is 0 Å². The Hall–Kier alpha value is -2.93. The first kappa shape index (κ1) is 14.5. The molecule has 0 spiro atoms. The van der Waals surface area contributed by atoms with Gasteiger partial charge in [-0.1, -0.05) is 30.0 Å². The highest BCUT2D eigenvalue weighted by Crippen LogP contribution is 2.16. The van der Waals surface area contributed by atoms with Crippen molar-refractivity contribution in [3.05, 3.63) is 59.7 Å². The van der Waals surface area contributed by atoms with Gasteiger partial charge in [0.15, 0.2) is 0 Å². The lowest BCUT2D eigenvalue weighted by atomic mass is 10.2. The molecule has 0 aliphatic carbocycles. The summed E-state index contributed by atoms with van der Waals surface area (Å²) in [5.41, 5.74) is 6.46. The lowest BCUT2D eigenvalue weighted by molar-refractivity contribution is 0.0997. The number of ether oxygens (including phenoxy) is 2. The second-order valence-corrected chi connectivity index (χ2v) is 4.18. The van der Waals surface area contributed by atoms with Crippen molar-refractivity contribution < 1.29 is 14.3 Å². The van der Waals surface area contributed by atoms with E-state index >= 15 is 0 Å². The molecule has 0 heterocycles. The minimum Gasteiger partial charge on any atom is -0.497 e. The topological polar surface area (TPSA) is 61.6 Å². The van der Waals surface area contributed by atoms with E-state index in [2.05, 4.69) is 11.8 Å². The predicted molar refractivity (Wildman–Crippen MR) is 80.3 cm³/mol. The Morgan fingerprint density at radius 1 is 1.19 bits per heavy atom. The normalized spacial score (nSPS) is 9.38. The second-order valence-electron chi connectivity index (χ2n) is 4.18. The van der Waals surface area contributed by atoms with Crippen molar-refractivity contribution >= 4 is 5.91 Å². The summed E-state index contributed by atoms with van der Waals surface area (Å²) in [4.78, 5) is 11.2. The monoisotopic (exact) mass is 281 g/mol. The molecule has 0 saturated carbocycles. The zero-order valence-electron chi connectivity index (χ0n) is 11.6. The van der Waals surface area contributed by atoms with E-state index < -0.39 is 5.91 Å². The molecule has 4 nitrogen and oxygen atoms in total.